The lowest BCUT2D eigenvalue weighted by atomic mass is 10.1. The summed E-state index contributed by atoms with van der Waals surface area (Å²) in [5.41, 5.74) is -0.339. The van der Waals surface area contributed by atoms with Gasteiger partial charge in [0.1, 0.15) is 10.7 Å². The first-order valence-electron chi connectivity index (χ1n) is 5.46. The monoisotopic (exact) mass is 361 g/mol. The molecular weight excluding hydrogens is 352 g/mol. The third kappa shape index (κ3) is 3.97. The van der Waals surface area contributed by atoms with Crippen molar-refractivity contribution in [2.75, 3.05) is 6.54 Å². The van der Waals surface area contributed by atoms with Crippen molar-refractivity contribution < 1.29 is 17.6 Å². The number of amides is 1. The van der Waals surface area contributed by atoms with Crippen LogP contribution in [0.2, 0.25) is 10.0 Å². The van der Waals surface area contributed by atoms with Crippen molar-refractivity contribution in [1.82, 2.24) is 5.32 Å². The number of hydrogen-bond donors (Lipinski definition) is 1. The topological polar surface area (TPSA) is 63.2 Å². The van der Waals surface area contributed by atoms with Crippen LogP contribution in [0.25, 0.3) is 0 Å². The van der Waals surface area contributed by atoms with E-state index in [1.54, 1.807) is 0 Å². The molecule has 4 nitrogen and oxygen atoms in total. The molecule has 1 N–H and O–H groups in total. The lowest BCUT2D eigenvalue weighted by Gasteiger charge is -2.12. The highest BCUT2D eigenvalue weighted by Crippen LogP contribution is 2.36. The Kier molecular flexibility index (Phi) is 5.66. The van der Waals surface area contributed by atoms with Crippen LogP contribution >= 0.6 is 33.9 Å². The SMILES string of the molecule is CC(C)CNC(=O)c1cc(F)c(Cl)c(S(=O)(=O)Cl)c1Cl. The van der Waals surface area contributed by atoms with Gasteiger partial charge in [-0.1, -0.05) is 37.0 Å². The van der Waals surface area contributed by atoms with Gasteiger partial charge in [-0.3, -0.25) is 4.79 Å². The second-order valence-electron chi connectivity index (χ2n) is 4.40. The molecule has 112 valence electrons. The molecule has 0 atom stereocenters. The van der Waals surface area contributed by atoms with Crippen molar-refractivity contribution in [3.05, 3.63) is 27.5 Å². The second kappa shape index (κ2) is 6.47. The maximum atomic E-state index is 13.6. The van der Waals surface area contributed by atoms with E-state index in [1.165, 1.54) is 0 Å². The zero-order valence-corrected chi connectivity index (χ0v) is 13.6. The summed E-state index contributed by atoms with van der Waals surface area (Å²) in [5.74, 6) is -1.64. The number of nitrogens with one attached hydrogen (secondary N) is 1. The van der Waals surface area contributed by atoms with Gasteiger partial charge in [0, 0.05) is 17.2 Å². The Bertz CT molecular complexity index is 647. The highest BCUT2D eigenvalue weighted by Gasteiger charge is 2.27. The van der Waals surface area contributed by atoms with E-state index in [-0.39, 0.29) is 11.5 Å². The van der Waals surface area contributed by atoms with Crippen LogP contribution in [0.15, 0.2) is 11.0 Å². The standard InChI is InChI=1S/C11H11Cl3FNO3S/c1-5(2)4-16-11(17)6-3-7(15)9(13)10(8(6)12)20(14,18)19/h3,5H,4H2,1-2H3,(H,16,17). The molecule has 1 aromatic carbocycles. The molecule has 1 rings (SSSR count). The maximum absolute atomic E-state index is 13.6. The Hall–Kier alpha value is -0.560. The van der Waals surface area contributed by atoms with Gasteiger partial charge in [-0.15, -0.1) is 0 Å². The van der Waals surface area contributed by atoms with Crippen LogP contribution < -0.4 is 5.32 Å². The lowest BCUT2D eigenvalue weighted by molar-refractivity contribution is 0.0948. The summed E-state index contributed by atoms with van der Waals surface area (Å²) in [6.07, 6.45) is 0. The Labute approximate surface area is 130 Å². The van der Waals surface area contributed by atoms with Gasteiger partial charge in [0.2, 0.25) is 0 Å². The highest BCUT2D eigenvalue weighted by atomic mass is 35.7. The van der Waals surface area contributed by atoms with Gasteiger partial charge in [0.25, 0.3) is 15.0 Å². The van der Waals surface area contributed by atoms with E-state index in [9.17, 15) is 17.6 Å². The summed E-state index contributed by atoms with van der Waals surface area (Å²) in [5, 5.41) is 1.24. The minimum atomic E-state index is -4.39. The number of rotatable bonds is 4. The van der Waals surface area contributed by atoms with Crippen LogP contribution in [-0.4, -0.2) is 20.9 Å². The normalized spacial score (nSPS) is 11.8. The summed E-state index contributed by atoms with van der Waals surface area (Å²) >= 11 is 11.3. The molecule has 0 fully saturated rings. The van der Waals surface area contributed by atoms with E-state index in [1.807, 2.05) is 13.8 Å². The van der Waals surface area contributed by atoms with E-state index in [4.69, 9.17) is 33.9 Å². The first-order valence-corrected chi connectivity index (χ1v) is 8.52. The van der Waals surface area contributed by atoms with Gasteiger partial charge in [-0.2, -0.15) is 0 Å². The zero-order valence-electron chi connectivity index (χ0n) is 10.5. The molecule has 9 heteroatoms. The van der Waals surface area contributed by atoms with Gasteiger partial charge in [-0.25, -0.2) is 12.8 Å². The van der Waals surface area contributed by atoms with Gasteiger partial charge in [0.05, 0.1) is 15.6 Å². The fourth-order valence-electron chi connectivity index (χ4n) is 1.35. The number of carbonyl (C=O) groups is 1. The molecule has 0 spiro atoms. The zero-order chi connectivity index (χ0) is 15.7. The Morgan fingerprint density at radius 2 is 1.90 bits per heavy atom. The third-order valence-electron chi connectivity index (χ3n) is 2.28. The Balaban J connectivity index is 3.37. The van der Waals surface area contributed by atoms with Gasteiger partial charge < -0.3 is 5.32 Å². The van der Waals surface area contributed by atoms with Crippen LogP contribution in [0.4, 0.5) is 4.39 Å². The van der Waals surface area contributed by atoms with Crippen molar-refractivity contribution >= 4 is 48.8 Å². The Morgan fingerprint density at radius 3 is 2.35 bits per heavy atom. The summed E-state index contributed by atoms with van der Waals surface area (Å²) in [4.78, 5) is 11.1. The molecule has 0 heterocycles. The predicted molar refractivity (Wildman–Crippen MR) is 76.6 cm³/mol. The maximum Gasteiger partial charge on any atom is 0.264 e. The van der Waals surface area contributed by atoms with Crippen LogP contribution in [0.5, 0.6) is 0 Å². The van der Waals surface area contributed by atoms with Gasteiger partial charge >= 0.3 is 0 Å². The molecule has 0 bridgehead atoms. The van der Waals surface area contributed by atoms with Crippen molar-refractivity contribution in [2.24, 2.45) is 5.92 Å². The summed E-state index contributed by atoms with van der Waals surface area (Å²) < 4.78 is 36.3. The van der Waals surface area contributed by atoms with Crippen molar-refractivity contribution in [3.63, 3.8) is 0 Å². The Morgan fingerprint density at radius 1 is 1.35 bits per heavy atom. The van der Waals surface area contributed by atoms with Crippen LogP contribution in [0.3, 0.4) is 0 Å². The molecule has 0 radical (unpaired) electrons. The molecule has 20 heavy (non-hydrogen) atoms. The number of carbonyl (C=O) groups excluding carboxylic acids is 1. The van der Waals surface area contributed by atoms with Gasteiger partial charge in [0.15, 0.2) is 0 Å². The summed E-state index contributed by atoms with van der Waals surface area (Å²) in [6.45, 7) is 4.04. The lowest BCUT2D eigenvalue weighted by Crippen LogP contribution is -2.28. The average Bonchev–Trinajstić information content (AvgIpc) is 2.29. The highest BCUT2D eigenvalue weighted by molar-refractivity contribution is 8.14. The summed E-state index contributed by atoms with van der Waals surface area (Å²) in [6, 6.07) is 0.770. The summed E-state index contributed by atoms with van der Waals surface area (Å²) in [7, 11) is 0.765. The van der Waals surface area contributed by atoms with E-state index in [0.717, 1.165) is 6.07 Å². The fourth-order valence-corrected chi connectivity index (χ4v) is 3.73. The van der Waals surface area contributed by atoms with E-state index in [0.29, 0.717) is 6.54 Å². The molecule has 0 aromatic heterocycles. The van der Waals surface area contributed by atoms with E-state index in [2.05, 4.69) is 5.32 Å². The first kappa shape index (κ1) is 17.5. The minimum absolute atomic E-state index is 0.158. The minimum Gasteiger partial charge on any atom is -0.352 e. The molecule has 0 aliphatic carbocycles. The third-order valence-corrected chi connectivity index (χ3v) is 4.62. The van der Waals surface area contributed by atoms with Crippen molar-refractivity contribution in [2.45, 2.75) is 18.7 Å². The van der Waals surface area contributed by atoms with E-state index >= 15 is 0 Å². The second-order valence-corrected chi connectivity index (χ2v) is 7.66. The number of halogens is 4. The first-order chi connectivity index (χ1) is 9.05. The predicted octanol–water partition coefficient (Wildman–Crippen LogP) is 3.45. The molecule has 0 unspecified atom stereocenters. The smallest absolute Gasteiger partial charge is 0.264 e. The molecule has 1 aromatic rings. The van der Waals surface area contributed by atoms with Crippen LogP contribution in [0, 0.1) is 11.7 Å². The average molecular weight is 363 g/mol. The van der Waals surface area contributed by atoms with Crippen molar-refractivity contribution in [1.29, 1.82) is 0 Å². The van der Waals surface area contributed by atoms with Crippen LogP contribution in [0.1, 0.15) is 24.2 Å². The fraction of sp³-hybridized carbons (Fsp3) is 0.364. The van der Waals surface area contributed by atoms with Gasteiger partial charge in [-0.05, 0) is 12.0 Å². The molecule has 0 saturated carbocycles. The molecule has 0 saturated heterocycles. The number of benzene rings is 1. The molecular formula is C11H11Cl3FNO3S. The van der Waals surface area contributed by atoms with Crippen molar-refractivity contribution in [3.8, 4) is 0 Å². The molecule has 1 amide bonds. The van der Waals surface area contributed by atoms with Crippen LogP contribution in [-0.2, 0) is 9.05 Å². The largest absolute Gasteiger partial charge is 0.352 e. The quantitative estimate of drug-likeness (QED) is 0.659. The molecule has 0 aliphatic heterocycles. The van der Waals surface area contributed by atoms with E-state index < -0.39 is 35.7 Å². The number of hydrogen-bond acceptors (Lipinski definition) is 3. The molecule has 0 aliphatic rings.